The Hall–Kier alpha value is -1.75. The first-order valence-electron chi connectivity index (χ1n) is 7.63. The van der Waals surface area contributed by atoms with Gasteiger partial charge in [0.25, 0.3) is 0 Å². The van der Waals surface area contributed by atoms with Crippen molar-refractivity contribution in [1.29, 1.82) is 0 Å². The highest BCUT2D eigenvalue weighted by molar-refractivity contribution is 5.90. The van der Waals surface area contributed by atoms with Crippen LogP contribution in [-0.2, 0) is 0 Å². The zero-order chi connectivity index (χ0) is 15.1. The van der Waals surface area contributed by atoms with Gasteiger partial charge in [-0.3, -0.25) is 0 Å². The standard InChI is InChI=1S/C16H25N3O2/c1-3-9-19-10-8-13(12-19)11-17-16(20)18-14-6-4-5-7-15(14)21-2/h4-7,13H,3,8-12H2,1-2H3,(H2,17,18,20). The summed E-state index contributed by atoms with van der Waals surface area (Å²) in [7, 11) is 1.60. The highest BCUT2D eigenvalue weighted by Gasteiger charge is 2.22. The van der Waals surface area contributed by atoms with Crippen molar-refractivity contribution in [2.24, 2.45) is 5.92 Å². The average molecular weight is 291 g/mol. The van der Waals surface area contributed by atoms with Crippen LogP contribution >= 0.6 is 0 Å². The first-order valence-corrected chi connectivity index (χ1v) is 7.63. The number of carbonyl (C=O) groups excluding carboxylic acids is 1. The van der Waals surface area contributed by atoms with Gasteiger partial charge in [0, 0.05) is 13.1 Å². The summed E-state index contributed by atoms with van der Waals surface area (Å²) in [4.78, 5) is 14.4. The minimum Gasteiger partial charge on any atom is -0.495 e. The highest BCUT2D eigenvalue weighted by atomic mass is 16.5. The van der Waals surface area contributed by atoms with E-state index in [1.165, 1.54) is 6.42 Å². The molecule has 1 atom stereocenters. The molecule has 1 aliphatic rings. The molecular formula is C16H25N3O2. The van der Waals surface area contributed by atoms with Crippen molar-refractivity contribution in [3.8, 4) is 5.75 Å². The number of carbonyl (C=O) groups is 1. The van der Waals surface area contributed by atoms with Crippen LogP contribution in [0.25, 0.3) is 0 Å². The molecule has 0 aliphatic carbocycles. The second-order valence-corrected chi connectivity index (χ2v) is 5.49. The van der Waals surface area contributed by atoms with Crippen molar-refractivity contribution in [2.75, 3.05) is 38.6 Å². The number of nitrogens with zero attached hydrogens (tertiary/aromatic N) is 1. The quantitative estimate of drug-likeness (QED) is 0.847. The van der Waals surface area contributed by atoms with Gasteiger partial charge in [0.15, 0.2) is 0 Å². The molecule has 0 saturated carbocycles. The van der Waals surface area contributed by atoms with Gasteiger partial charge in [0.1, 0.15) is 5.75 Å². The molecule has 1 aromatic carbocycles. The number of amides is 2. The predicted molar refractivity (Wildman–Crippen MR) is 84.9 cm³/mol. The monoisotopic (exact) mass is 291 g/mol. The van der Waals surface area contributed by atoms with Crippen LogP contribution in [0.15, 0.2) is 24.3 Å². The van der Waals surface area contributed by atoms with E-state index in [-0.39, 0.29) is 6.03 Å². The molecular weight excluding hydrogens is 266 g/mol. The van der Waals surface area contributed by atoms with Gasteiger partial charge in [0.2, 0.25) is 0 Å². The van der Waals surface area contributed by atoms with Crippen molar-refractivity contribution in [3.05, 3.63) is 24.3 Å². The molecule has 1 fully saturated rings. The predicted octanol–water partition coefficient (Wildman–Crippen LogP) is 2.55. The maximum absolute atomic E-state index is 12.0. The summed E-state index contributed by atoms with van der Waals surface area (Å²) in [5.41, 5.74) is 0.691. The van der Waals surface area contributed by atoms with E-state index in [2.05, 4.69) is 22.5 Å². The summed E-state index contributed by atoms with van der Waals surface area (Å²) in [6, 6.07) is 7.24. The van der Waals surface area contributed by atoms with Crippen molar-refractivity contribution >= 4 is 11.7 Å². The van der Waals surface area contributed by atoms with Crippen molar-refractivity contribution < 1.29 is 9.53 Å². The first-order chi connectivity index (χ1) is 10.2. The fourth-order valence-corrected chi connectivity index (χ4v) is 2.75. The molecule has 1 saturated heterocycles. The summed E-state index contributed by atoms with van der Waals surface area (Å²) < 4.78 is 5.22. The first kappa shape index (κ1) is 15.6. The SMILES string of the molecule is CCCN1CCC(CNC(=O)Nc2ccccc2OC)C1. The summed E-state index contributed by atoms with van der Waals surface area (Å²) in [6.45, 7) is 6.31. The van der Waals surface area contributed by atoms with E-state index in [0.29, 0.717) is 17.4 Å². The van der Waals surface area contributed by atoms with Crippen molar-refractivity contribution in [2.45, 2.75) is 19.8 Å². The molecule has 2 rings (SSSR count). The molecule has 0 bridgehead atoms. The van der Waals surface area contributed by atoms with E-state index in [4.69, 9.17) is 4.74 Å². The van der Waals surface area contributed by atoms with E-state index in [1.54, 1.807) is 7.11 Å². The molecule has 0 aromatic heterocycles. The van der Waals surface area contributed by atoms with Gasteiger partial charge in [-0.1, -0.05) is 19.1 Å². The lowest BCUT2D eigenvalue weighted by atomic mass is 10.1. The number of hydrogen-bond donors (Lipinski definition) is 2. The summed E-state index contributed by atoms with van der Waals surface area (Å²) in [5.74, 6) is 1.22. The lowest BCUT2D eigenvalue weighted by molar-refractivity contribution is 0.249. The Morgan fingerprint density at radius 3 is 3.00 bits per heavy atom. The minimum atomic E-state index is -0.173. The second kappa shape index (κ2) is 7.88. The van der Waals surface area contributed by atoms with Gasteiger partial charge in [-0.25, -0.2) is 4.79 Å². The minimum absolute atomic E-state index is 0.173. The van der Waals surface area contributed by atoms with E-state index in [0.717, 1.165) is 32.6 Å². The number of rotatable bonds is 6. The molecule has 2 N–H and O–H groups in total. The third-order valence-corrected chi connectivity index (χ3v) is 3.82. The van der Waals surface area contributed by atoms with E-state index in [9.17, 15) is 4.79 Å². The molecule has 1 heterocycles. The molecule has 1 aliphatic heterocycles. The van der Waals surface area contributed by atoms with Crippen molar-refractivity contribution in [3.63, 3.8) is 0 Å². The Kier molecular flexibility index (Phi) is 5.87. The van der Waals surface area contributed by atoms with Gasteiger partial charge in [0.05, 0.1) is 12.8 Å². The van der Waals surface area contributed by atoms with Crippen LogP contribution in [0.5, 0.6) is 5.75 Å². The maximum Gasteiger partial charge on any atom is 0.319 e. The summed E-state index contributed by atoms with van der Waals surface area (Å²) >= 11 is 0. The second-order valence-electron chi connectivity index (χ2n) is 5.49. The zero-order valence-electron chi connectivity index (χ0n) is 12.9. The lowest BCUT2D eigenvalue weighted by Gasteiger charge is -2.15. The molecule has 2 amide bonds. The summed E-state index contributed by atoms with van der Waals surface area (Å²) in [5, 5.41) is 5.79. The molecule has 21 heavy (non-hydrogen) atoms. The summed E-state index contributed by atoms with van der Waals surface area (Å²) in [6.07, 6.45) is 2.35. The Balaban J connectivity index is 1.75. The van der Waals surface area contributed by atoms with Crippen LogP contribution in [0, 0.1) is 5.92 Å². The number of ether oxygens (including phenoxy) is 1. The zero-order valence-corrected chi connectivity index (χ0v) is 12.9. The number of hydrogen-bond acceptors (Lipinski definition) is 3. The molecule has 5 nitrogen and oxygen atoms in total. The number of benzene rings is 1. The smallest absolute Gasteiger partial charge is 0.319 e. The highest BCUT2D eigenvalue weighted by Crippen LogP contribution is 2.22. The van der Waals surface area contributed by atoms with Gasteiger partial charge in [-0.05, 0) is 44.0 Å². The Morgan fingerprint density at radius 1 is 1.43 bits per heavy atom. The average Bonchev–Trinajstić information content (AvgIpc) is 2.94. The number of anilines is 1. The largest absolute Gasteiger partial charge is 0.495 e. The van der Waals surface area contributed by atoms with Crippen molar-refractivity contribution in [1.82, 2.24) is 10.2 Å². The van der Waals surface area contributed by atoms with E-state index >= 15 is 0 Å². The molecule has 5 heteroatoms. The fraction of sp³-hybridized carbons (Fsp3) is 0.562. The lowest BCUT2D eigenvalue weighted by Crippen LogP contribution is -2.34. The third kappa shape index (κ3) is 4.63. The normalized spacial score (nSPS) is 18.5. The number of likely N-dealkylation sites (tertiary alicyclic amines) is 1. The number of nitrogens with one attached hydrogen (secondary N) is 2. The molecule has 116 valence electrons. The molecule has 1 unspecified atom stereocenters. The number of methoxy groups -OCH3 is 1. The maximum atomic E-state index is 12.0. The van der Waals surface area contributed by atoms with Crippen LogP contribution in [0.1, 0.15) is 19.8 Å². The Bertz CT molecular complexity index is 465. The van der Waals surface area contributed by atoms with E-state index < -0.39 is 0 Å². The van der Waals surface area contributed by atoms with Gasteiger partial charge in [-0.2, -0.15) is 0 Å². The molecule has 1 aromatic rings. The van der Waals surface area contributed by atoms with Crippen LogP contribution in [0.2, 0.25) is 0 Å². The number of urea groups is 1. The van der Waals surface area contributed by atoms with Crippen LogP contribution in [0.4, 0.5) is 10.5 Å². The number of para-hydroxylation sites is 2. The van der Waals surface area contributed by atoms with E-state index in [1.807, 2.05) is 24.3 Å². The van der Waals surface area contributed by atoms with Crippen LogP contribution in [-0.4, -0.2) is 44.2 Å². The third-order valence-electron chi connectivity index (χ3n) is 3.82. The fourth-order valence-electron chi connectivity index (χ4n) is 2.75. The Morgan fingerprint density at radius 2 is 2.24 bits per heavy atom. The Labute approximate surface area is 126 Å². The molecule has 0 spiro atoms. The van der Waals surface area contributed by atoms with Gasteiger partial charge >= 0.3 is 6.03 Å². The van der Waals surface area contributed by atoms with Gasteiger partial charge in [-0.15, -0.1) is 0 Å². The van der Waals surface area contributed by atoms with Crippen LogP contribution < -0.4 is 15.4 Å². The van der Waals surface area contributed by atoms with Crippen LogP contribution in [0.3, 0.4) is 0 Å². The topological polar surface area (TPSA) is 53.6 Å². The molecule has 0 radical (unpaired) electrons. The van der Waals surface area contributed by atoms with Gasteiger partial charge < -0.3 is 20.3 Å².